The highest BCUT2D eigenvalue weighted by Gasteiger charge is 2.27. The zero-order valence-electron chi connectivity index (χ0n) is 18.5. The van der Waals surface area contributed by atoms with Crippen LogP contribution in [0.15, 0.2) is 67.3 Å². The highest BCUT2D eigenvalue weighted by molar-refractivity contribution is 5.94. The van der Waals surface area contributed by atoms with Crippen LogP contribution in [-0.4, -0.2) is 49.4 Å². The third-order valence-electron chi connectivity index (χ3n) is 6.27. The third kappa shape index (κ3) is 4.53. The van der Waals surface area contributed by atoms with Gasteiger partial charge in [0.05, 0.1) is 11.9 Å². The van der Waals surface area contributed by atoms with Crippen LogP contribution in [0.1, 0.15) is 28.9 Å². The summed E-state index contributed by atoms with van der Waals surface area (Å²) in [7, 11) is 1.88. The zero-order valence-corrected chi connectivity index (χ0v) is 18.5. The molecule has 7 heteroatoms. The Kier molecular flexibility index (Phi) is 5.69. The monoisotopic (exact) mass is 439 g/mol. The van der Waals surface area contributed by atoms with Crippen LogP contribution in [0.2, 0.25) is 0 Å². The number of aryl methyl sites for hydroxylation is 1. The average molecular weight is 440 g/mol. The molecule has 0 saturated carbocycles. The maximum Gasteiger partial charge on any atom is 0.253 e. The van der Waals surface area contributed by atoms with Gasteiger partial charge in [0.25, 0.3) is 5.91 Å². The van der Waals surface area contributed by atoms with Crippen molar-refractivity contribution in [1.82, 2.24) is 24.6 Å². The fourth-order valence-electron chi connectivity index (χ4n) is 4.38. The highest BCUT2D eigenvalue weighted by atomic mass is 16.2. The maximum absolute atomic E-state index is 13.0. The molecule has 4 aromatic rings. The van der Waals surface area contributed by atoms with Gasteiger partial charge in [-0.15, -0.1) is 0 Å². The van der Waals surface area contributed by atoms with Crippen LogP contribution in [0.5, 0.6) is 0 Å². The molecule has 0 N–H and O–H groups in total. The Balaban J connectivity index is 1.24. The lowest BCUT2D eigenvalue weighted by Crippen LogP contribution is -2.40. The second kappa shape index (κ2) is 8.94. The molecule has 1 fully saturated rings. The molecule has 7 nitrogen and oxygen atoms in total. The summed E-state index contributed by atoms with van der Waals surface area (Å²) < 4.78 is 1.75. The number of ketones is 1. The van der Waals surface area contributed by atoms with E-state index in [1.54, 1.807) is 23.3 Å². The van der Waals surface area contributed by atoms with E-state index in [2.05, 4.69) is 15.1 Å². The summed E-state index contributed by atoms with van der Waals surface area (Å²) in [5.74, 6) is 0.191. The quantitative estimate of drug-likeness (QED) is 0.474. The maximum atomic E-state index is 13.0. The number of carbonyl (C=O) groups excluding carboxylic acids is 2. The molecule has 0 bridgehead atoms. The van der Waals surface area contributed by atoms with E-state index in [0.29, 0.717) is 37.9 Å². The molecule has 1 aliphatic heterocycles. The summed E-state index contributed by atoms with van der Waals surface area (Å²) in [5, 5.41) is 6.15. The number of Topliss-reactive ketones (excluding diaryl/α,β-unsaturated/α-hetero) is 1. The van der Waals surface area contributed by atoms with Gasteiger partial charge in [-0.05, 0) is 42.5 Å². The van der Waals surface area contributed by atoms with Gasteiger partial charge in [0, 0.05) is 73.3 Å². The minimum Gasteiger partial charge on any atom is -0.339 e. The lowest BCUT2D eigenvalue weighted by Gasteiger charge is -2.31. The molecule has 33 heavy (non-hydrogen) atoms. The number of pyridine rings is 2. The largest absolute Gasteiger partial charge is 0.339 e. The molecular formula is C26H25N5O2. The van der Waals surface area contributed by atoms with Crippen molar-refractivity contribution in [3.8, 4) is 11.3 Å². The number of benzene rings is 1. The van der Waals surface area contributed by atoms with Crippen molar-refractivity contribution in [2.45, 2.75) is 19.3 Å². The molecule has 0 atom stereocenters. The number of amides is 1. The predicted molar refractivity (Wildman–Crippen MR) is 126 cm³/mol. The Labute approximate surface area is 192 Å². The van der Waals surface area contributed by atoms with E-state index in [9.17, 15) is 9.59 Å². The fourth-order valence-corrected chi connectivity index (χ4v) is 4.38. The van der Waals surface area contributed by atoms with Gasteiger partial charge >= 0.3 is 0 Å². The van der Waals surface area contributed by atoms with Crippen LogP contribution in [0.3, 0.4) is 0 Å². The molecule has 166 valence electrons. The van der Waals surface area contributed by atoms with E-state index < -0.39 is 0 Å². The Morgan fingerprint density at radius 1 is 0.970 bits per heavy atom. The van der Waals surface area contributed by atoms with Gasteiger partial charge in [-0.1, -0.05) is 18.2 Å². The van der Waals surface area contributed by atoms with Gasteiger partial charge in [0.15, 0.2) is 0 Å². The van der Waals surface area contributed by atoms with Crippen molar-refractivity contribution >= 4 is 22.5 Å². The summed E-state index contributed by atoms with van der Waals surface area (Å²) in [6, 6.07) is 13.3. The number of aromatic nitrogens is 4. The predicted octanol–water partition coefficient (Wildman–Crippen LogP) is 3.69. The van der Waals surface area contributed by atoms with Gasteiger partial charge in [-0.25, -0.2) is 0 Å². The van der Waals surface area contributed by atoms with Crippen LogP contribution in [0.4, 0.5) is 0 Å². The lowest BCUT2D eigenvalue weighted by molar-refractivity contribution is -0.123. The van der Waals surface area contributed by atoms with Crippen molar-refractivity contribution in [3.05, 3.63) is 78.5 Å². The second-order valence-corrected chi connectivity index (χ2v) is 8.57. The Morgan fingerprint density at radius 3 is 2.45 bits per heavy atom. The van der Waals surface area contributed by atoms with E-state index in [0.717, 1.165) is 27.7 Å². The van der Waals surface area contributed by atoms with E-state index >= 15 is 0 Å². The van der Waals surface area contributed by atoms with E-state index in [1.165, 1.54) is 0 Å². The van der Waals surface area contributed by atoms with Crippen LogP contribution in [0, 0.1) is 5.92 Å². The van der Waals surface area contributed by atoms with E-state index in [4.69, 9.17) is 0 Å². The van der Waals surface area contributed by atoms with Crippen LogP contribution in [0.25, 0.3) is 22.0 Å². The van der Waals surface area contributed by atoms with Crippen LogP contribution >= 0.6 is 0 Å². The lowest BCUT2D eigenvalue weighted by atomic mass is 9.90. The molecule has 5 rings (SSSR count). The van der Waals surface area contributed by atoms with Crippen molar-refractivity contribution in [3.63, 3.8) is 0 Å². The number of hydrogen-bond acceptors (Lipinski definition) is 5. The average Bonchev–Trinajstić information content (AvgIpc) is 3.30. The molecule has 4 heterocycles. The Morgan fingerprint density at radius 2 is 1.73 bits per heavy atom. The molecule has 3 aromatic heterocycles. The summed E-state index contributed by atoms with van der Waals surface area (Å²) in [6.45, 7) is 1.21. The first-order valence-corrected chi connectivity index (χ1v) is 11.2. The minimum atomic E-state index is -0.0364. The summed E-state index contributed by atoms with van der Waals surface area (Å²) in [5.41, 5.74) is 3.25. The highest BCUT2D eigenvalue weighted by Crippen LogP contribution is 2.24. The first-order valence-electron chi connectivity index (χ1n) is 11.2. The number of nitrogens with zero attached hydrogens (tertiary/aromatic N) is 5. The smallest absolute Gasteiger partial charge is 0.253 e. The molecule has 0 unspecified atom stereocenters. The minimum absolute atomic E-state index is 0.0364. The van der Waals surface area contributed by atoms with Crippen molar-refractivity contribution in [2.75, 3.05) is 13.1 Å². The molecule has 0 spiro atoms. The number of piperidine rings is 1. The number of likely N-dealkylation sites (tertiary alicyclic amines) is 1. The van der Waals surface area contributed by atoms with Crippen molar-refractivity contribution in [2.24, 2.45) is 13.0 Å². The Bertz CT molecular complexity index is 1310. The van der Waals surface area contributed by atoms with Gasteiger partial charge in [-0.3, -0.25) is 24.2 Å². The van der Waals surface area contributed by atoms with Gasteiger partial charge in [0.2, 0.25) is 0 Å². The first-order chi connectivity index (χ1) is 16.1. The van der Waals surface area contributed by atoms with Gasteiger partial charge < -0.3 is 4.90 Å². The Hall–Kier alpha value is -3.87. The third-order valence-corrected chi connectivity index (χ3v) is 6.27. The van der Waals surface area contributed by atoms with Crippen molar-refractivity contribution in [1.29, 1.82) is 0 Å². The van der Waals surface area contributed by atoms with E-state index in [-0.39, 0.29) is 17.6 Å². The van der Waals surface area contributed by atoms with E-state index in [1.807, 2.05) is 60.6 Å². The SMILES string of the molecule is Cn1cc(-c2cc3cc(CC(=O)C4CCN(C(=O)c5ccccc5)CC4)ncc3cn2)cn1. The fraction of sp³-hybridized carbons (Fsp3) is 0.269. The first kappa shape index (κ1) is 21.0. The molecule has 1 aromatic carbocycles. The number of hydrogen-bond donors (Lipinski definition) is 0. The molecule has 1 aliphatic rings. The molecule has 1 amide bonds. The van der Waals surface area contributed by atoms with Crippen LogP contribution in [-0.2, 0) is 18.3 Å². The molecule has 1 saturated heterocycles. The second-order valence-electron chi connectivity index (χ2n) is 8.57. The van der Waals surface area contributed by atoms with Gasteiger partial charge in [-0.2, -0.15) is 5.10 Å². The summed E-state index contributed by atoms with van der Waals surface area (Å²) in [4.78, 5) is 36.5. The zero-order chi connectivity index (χ0) is 22.8. The topological polar surface area (TPSA) is 81.0 Å². The van der Waals surface area contributed by atoms with Crippen LogP contribution < -0.4 is 0 Å². The standard InChI is InChI=1S/C26H25N5O2/c1-30-17-22(16-29-30)24-12-20-11-23(27-14-21(20)15-28-24)13-25(32)18-7-9-31(10-8-18)26(33)19-5-3-2-4-6-19/h2-6,11-12,14-18H,7-10,13H2,1H3. The number of carbonyl (C=O) groups is 2. The normalized spacial score (nSPS) is 14.5. The molecular weight excluding hydrogens is 414 g/mol. The van der Waals surface area contributed by atoms with Crippen molar-refractivity contribution < 1.29 is 9.59 Å². The number of rotatable bonds is 5. The van der Waals surface area contributed by atoms with Gasteiger partial charge in [0.1, 0.15) is 5.78 Å². The summed E-state index contributed by atoms with van der Waals surface area (Å²) in [6.07, 6.45) is 8.98. The molecule has 0 aliphatic carbocycles. The summed E-state index contributed by atoms with van der Waals surface area (Å²) >= 11 is 0. The molecule has 0 radical (unpaired) electrons. The number of fused-ring (bicyclic) bond motifs is 1.